The highest BCUT2D eigenvalue weighted by atomic mass is 16.2. The SMILES string of the molecule is Cc1ncc(-c2cccc(C(=O)N3CCN(CCC#N)CC3)c2)nc1C(=O)Nc1ccccc1.[HH].[HH]. The molecule has 34 heavy (non-hydrogen) atoms. The van der Waals surface area contributed by atoms with Crippen LogP contribution in [0.25, 0.3) is 11.3 Å². The molecule has 8 heteroatoms. The molecule has 0 bridgehead atoms. The molecular weight excluding hydrogens is 428 g/mol. The van der Waals surface area contributed by atoms with Crippen LogP contribution in [0.2, 0.25) is 0 Å². The number of carbonyl (C=O) groups excluding carboxylic acids is 2. The molecule has 0 spiro atoms. The first-order chi connectivity index (χ1) is 16.5. The molecule has 0 aliphatic carbocycles. The van der Waals surface area contributed by atoms with E-state index >= 15 is 0 Å². The van der Waals surface area contributed by atoms with Crippen molar-refractivity contribution in [2.75, 3.05) is 38.0 Å². The van der Waals surface area contributed by atoms with Crippen LogP contribution in [0.3, 0.4) is 0 Å². The summed E-state index contributed by atoms with van der Waals surface area (Å²) in [6, 6.07) is 18.6. The van der Waals surface area contributed by atoms with Crippen molar-refractivity contribution in [1.82, 2.24) is 19.8 Å². The third kappa shape index (κ3) is 5.45. The highest BCUT2D eigenvalue weighted by Gasteiger charge is 2.22. The van der Waals surface area contributed by atoms with Crippen LogP contribution < -0.4 is 5.32 Å². The number of rotatable bonds is 6. The van der Waals surface area contributed by atoms with Crippen LogP contribution in [-0.4, -0.2) is 64.3 Å². The van der Waals surface area contributed by atoms with E-state index in [0.717, 1.165) is 25.2 Å². The van der Waals surface area contributed by atoms with E-state index in [4.69, 9.17) is 5.26 Å². The molecule has 3 aromatic rings. The van der Waals surface area contributed by atoms with Gasteiger partial charge < -0.3 is 10.2 Å². The molecule has 4 rings (SSSR count). The Kier molecular flexibility index (Phi) is 7.25. The number of para-hydroxylation sites is 1. The van der Waals surface area contributed by atoms with Gasteiger partial charge in [-0.25, -0.2) is 4.98 Å². The fourth-order valence-electron chi connectivity index (χ4n) is 3.89. The largest absolute Gasteiger partial charge is 0.336 e. The standard InChI is InChI=1S/C26H26N6O2.2H2/c1-19-24(25(33)29-22-9-3-2-4-10-22)30-23(18-28-19)20-7-5-8-21(17-20)26(34)32-15-13-31(14-16-32)12-6-11-27;;/h2-5,7-10,17-18H,6,12-16H2,1H3,(H,29,33);2*1H. The van der Waals surface area contributed by atoms with E-state index in [1.165, 1.54) is 0 Å². The maximum absolute atomic E-state index is 13.1. The normalized spacial score (nSPS) is 13.8. The molecule has 0 saturated carbocycles. The molecule has 0 radical (unpaired) electrons. The number of carbonyl (C=O) groups is 2. The molecule has 1 saturated heterocycles. The van der Waals surface area contributed by atoms with Crippen molar-refractivity contribution in [2.24, 2.45) is 0 Å². The van der Waals surface area contributed by atoms with Crippen LogP contribution in [0.5, 0.6) is 0 Å². The molecule has 2 heterocycles. The van der Waals surface area contributed by atoms with Crippen LogP contribution in [0, 0.1) is 18.3 Å². The van der Waals surface area contributed by atoms with E-state index in [1.807, 2.05) is 47.4 Å². The Balaban J connectivity index is 0.00000228. The van der Waals surface area contributed by atoms with Gasteiger partial charge in [-0.1, -0.05) is 30.3 Å². The van der Waals surface area contributed by atoms with Crippen molar-refractivity contribution in [3.8, 4) is 17.3 Å². The van der Waals surface area contributed by atoms with Crippen molar-refractivity contribution >= 4 is 17.5 Å². The second-order valence-corrected chi connectivity index (χ2v) is 8.13. The number of nitrogens with zero attached hydrogens (tertiary/aromatic N) is 5. The lowest BCUT2D eigenvalue weighted by molar-refractivity contribution is 0.0639. The number of piperazine rings is 1. The summed E-state index contributed by atoms with van der Waals surface area (Å²) in [5.41, 5.74) is 3.27. The molecule has 0 atom stereocenters. The van der Waals surface area contributed by atoms with Crippen LogP contribution in [0.4, 0.5) is 5.69 Å². The maximum atomic E-state index is 13.1. The Morgan fingerprint density at radius 2 is 1.85 bits per heavy atom. The highest BCUT2D eigenvalue weighted by Crippen LogP contribution is 2.21. The maximum Gasteiger partial charge on any atom is 0.276 e. The molecule has 1 N–H and O–H groups in total. The Labute approximate surface area is 201 Å². The zero-order chi connectivity index (χ0) is 23.9. The third-order valence-electron chi connectivity index (χ3n) is 5.81. The lowest BCUT2D eigenvalue weighted by atomic mass is 10.1. The molecule has 1 aliphatic heterocycles. The van der Waals surface area contributed by atoms with Crippen molar-refractivity contribution in [1.29, 1.82) is 5.26 Å². The van der Waals surface area contributed by atoms with Gasteiger partial charge in [0.15, 0.2) is 0 Å². The summed E-state index contributed by atoms with van der Waals surface area (Å²) in [5, 5.41) is 11.6. The number of benzene rings is 2. The average Bonchev–Trinajstić information content (AvgIpc) is 2.88. The molecule has 8 nitrogen and oxygen atoms in total. The first kappa shape index (κ1) is 23.1. The summed E-state index contributed by atoms with van der Waals surface area (Å²) in [6.45, 7) is 5.26. The predicted molar refractivity (Wildman–Crippen MR) is 133 cm³/mol. The zero-order valence-corrected chi connectivity index (χ0v) is 19.1. The number of aromatic nitrogens is 2. The van der Waals surface area contributed by atoms with E-state index in [-0.39, 0.29) is 20.4 Å². The summed E-state index contributed by atoms with van der Waals surface area (Å²) in [4.78, 5) is 38.9. The minimum Gasteiger partial charge on any atom is -0.336 e. The number of amides is 2. The van der Waals surface area contributed by atoms with Gasteiger partial charge in [0.05, 0.1) is 23.7 Å². The number of aryl methyl sites for hydroxylation is 1. The topological polar surface area (TPSA) is 102 Å². The summed E-state index contributed by atoms with van der Waals surface area (Å²) < 4.78 is 0. The van der Waals surface area contributed by atoms with Crippen molar-refractivity contribution in [3.63, 3.8) is 0 Å². The van der Waals surface area contributed by atoms with Gasteiger partial charge in [-0.2, -0.15) is 5.26 Å². The lowest BCUT2D eigenvalue weighted by Crippen LogP contribution is -2.48. The first-order valence-corrected chi connectivity index (χ1v) is 11.2. The minimum absolute atomic E-state index is 0. The van der Waals surface area contributed by atoms with E-state index < -0.39 is 0 Å². The summed E-state index contributed by atoms with van der Waals surface area (Å²) in [6.07, 6.45) is 2.12. The second-order valence-electron chi connectivity index (χ2n) is 8.13. The minimum atomic E-state index is -0.334. The summed E-state index contributed by atoms with van der Waals surface area (Å²) in [5.74, 6) is -0.372. The number of hydrogen-bond donors (Lipinski definition) is 1. The van der Waals surface area contributed by atoms with Crippen LogP contribution in [-0.2, 0) is 0 Å². The molecule has 1 aliphatic rings. The molecule has 176 valence electrons. The molecule has 0 unspecified atom stereocenters. The first-order valence-electron chi connectivity index (χ1n) is 11.2. The summed E-state index contributed by atoms with van der Waals surface area (Å²) >= 11 is 0. The molecule has 1 fully saturated rings. The number of nitrogens with one attached hydrogen (secondary N) is 1. The van der Waals surface area contributed by atoms with E-state index in [9.17, 15) is 9.59 Å². The van der Waals surface area contributed by atoms with Crippen LogP contribution >= 0.6 is 0 Å². The van der Waals surface area contributed by atoms with Crippen LogP contribution in [0.15, 0.2) is 60.8 Å². The number of nitriles is 1. The van der Waals surface area contributed by atoms with Gasteiger partial charge in [-0.05, 0) is 31.2 Å². The monoisotopic (exact) mass is 458 g/mol. The van der Waals surface area contributed by atoms with Gasteiger partial charge in [0.1, 0.15) is 5.69 Å². The third-order valence-corrected chi connectivity index (χ3v) is 5.81. The number of anilines is 1. The van der Waals surface area contributed by atoms with Gasteiger partial charge in [0, 0.05) is 58.8 Å². The van der Waals surface area contributed by atoms with Crippen molar-refractivity contribution in [2.45, 2.75) is 13.3 Å². The fraction of sp³-hybridized carbons (Fsp3) is 0.269. The van der Waals surface area contributed by atoms with Gasteiger partial charge in [-0.15, -0.1) is 0 Å². The van der Waals surface area contributed by atoms with E-state index in [1.54, 1.807) is 25.3 Å². The molecule has 2 aromatic carbocycles. The molecule has 2 amide bonds. The van der Waals surface area contributed by atoms with E-state index in [0.29, 0.717) is 42.1 Å². The lowest BCUT2D eigenvalue weighted by Gasteiger charge is -2.34. The average molecular weight is 459 g/mol. The Morgan fingerprint density at radius 3 is 2.59 bits per heavy atom. The van der Waals surface area contributed by atoms with Crippen molar-refractivity contribution < 1.29 is 12.4 Å². The predicted octanol–water partition coefficient (Wildman–Crippen LogP) is 3.87. The smallest absolute Gasteiger partial charge is 0.276 e. The van der Waals surface area contributed by atoms with Crippen LogP contribution in [0.1, 0.15) is 35.8 Å². The van der Waals surface area contributed by atoms with Gasteiger partial charge in [0.2, 0.25) is 0 Å². The van der Waals surface area contributed by atoms with Gasteiger partial charge >= 0.3 is 0 Å². The highest BCUT2D eigenvalue weighted by molar-refractivity contribution is 6.03. The fourth-order valence-corrected chi connectivity index (χ4v) is 3.89. The molecule has 1 aromatic heterocycles. The second kappa shape index (κ2) is 10.7. The quantitative estimate of drug-likeness (QED) is 0.602. The zero-order valence-electron chi connectivity index (χ0n) is 19.1. The van der Waals surface area contributed by atoms with Crippen molar-refractivity contribution in [3.05, 3.63) is 77.7 Å². The summed E-state index contributed by atoms with van der Waals surface area (Å²) in [7, 11) is 0. The number of hydrogen-bond acceptors (Lipinski definition) is 6. The molecular formula is C26H30N6O2. The van der Waals surface area contributed by atoms with Gasteiger partial charge in [0.25, 0.3) is 11.8 Å². The van der Waals surface area contributed by atoms with Gasteiger partial charge in [-0.3, -0.25) is 19.5 Å². The Hall–Kier alpha value is -4.09. The Morgan fingerprint density at radius 1 is 1.09 bits per heavy atom. The van der Waals surface area contributed by atoms with E-state index in [2.05, 4.69) is 26.3 Å². The Bertz CT molecular complexity index is 1220.